The van der Waals surface area contributed by atoms with Crippen molar-refractivity contribution in [2.75, 3.05) is 18.8 Å². The molecule has 1 amide bonds. The van der Waals surface area contributed by atoms with Gasteiger partial charge in [-0.05, 0) is 44.2 Å². The number of piperidine rings is 1. The standard InChI is InChI=1S/C20H25FN2O2S2/c21-15-5-6-17-18(13-15)25-22-20(17)14-7-10-23(11-8-14)19(24)4-2-1-3-16-9-12-26-27-16/h5-6,13-14,16H,1-4,7-12H2/t16-/m1/s1. The lowest BCUT2D eigenvalue weighted by molar-refractivity contribution is -0.132. The van der Waals surface area contributed by atoms with Crippen LogP contribution < -0.4 is 0 Å². The van der Waals surface area contributed by atoms with Gasteiger partial charge in [0.2, 0.25) is 5.91 Å². The van der Waals surface area contributed by atoms with Crippen molar-refractivity contribution >= 4 is 38.5 Å². The van der Waals surface area contributed by atoms with Crippen LogP contribution >= 0.6 is 21.6 Å². The number of fused-ring (bicyclic) bond motifs is 1. The molecule has 2 fully saturated rings. The number of hydrogen-bond donors (Lipinski definition) is 0. The van der Waals surface area contributed by atoms with Crippen LogP contribution in [0.2, 0.25) is 0 Å². The SMILES string of the molecule is O=C(CCCC[C@@H]1CCSS1)N1CCC(c2noc3cc(F)ccc23)CC1. The zero-order chi connectivity index (χ0) is 18.6. The summed E-state index contributed by atoms with van der Waals surface area (Å²) < 4.78 is 18.6. The number of aromatic nitrogens is 1. The Labute approximate surface area is 167 Å². The van der Waals surface area contributed by atoms with Crippen molar-refractivity contribution in [1.82, 2.24) is 10.1 Å². The molecule has 2 saturated heterocycles. The van der Waals surface area contributed by atoms with Gasteiger partial charge in [0.15, 0.2) is 5.58 Å². The van der Waals surface area contributed by atoms with E-state index in [2.05, 4.69) is 5.16 Å². The monoisotopic (exact) mass is 408 g/mol. The number of hydrogen-bond acceptors (Lipinski definition) is 5. The fourth-order valence-corrected chi connectivity index (χ4v) is 7.03. The molecule has 2 aliphatic heterocycles. The Hall–Kier alpha value is -1.21. The summed E-state index contributed by atoms with van der Waals surface area (Å²) in [6, 6.07) is 4.58. The molecule has 0 saturated carbocycles. The number of carbonyl (C=O) groups excluding carboxylic acids is 1. The van der Waals surface area contributed by atoms with Crippen LogP contribution in [-0.2, 0) is 4.79 Å². The average Bonchev–Trinajstić information content (AvgIpc) is 3.34. The first-order valence-electron chi connectivity index (χ1n) is 9.81. The smallest absolute Gasteiger partial charge is 0.222 e. The number of amides is 1. The predicted octanol–water partition coefficient (Wildman–Crippen LogP) is 5.39. The predicted molar refractivity (Wildman–Crippen MR) is 109 cm³/mol. The zero-order valence-corrected chi connectivity index (χ0v) is 17.0. The van der Waals surface area contributed by atoms with Crippen LogP contribution in [0.3, 0.4) is 0 Å². The highest BCUT2D eigenvalue weighted by molar-refractivity contribution is 8.77. The molecule has 0 spiro atoms. The molecule has 3 heterocycles. The number of unbranched alkanes of at least 4 members (excludes halogenated alkanes) is 1. The molecule has 4 nitrogen and oxygen atoms in total. The lowest BCUT2D eigenvalue weighted by Gasteiger charge is -2.31. The van der Waals surface area contributed by atoms with Crippen molar-refractivity contribution in [3.05, 3.63) is 29.7 Å². The van der Waals surface area contributed by atoms with E-state index in [0.717, 1.165) is 55.1 Å². The van der Waals surface area contributed by atoms with Crippen molar-refractivity contribution in [3.8, 4) is 0 Å². The van der Waals surface area contributed by atoms with Gasteiger partial charge in [0.05, 0.1) is 5.69 Å². The van der Waals surface area contributed by atoms with E-state index in [4.69, 9.17) is 4.52 Å². The minimum absolute atomic E-state index is 0.276. The van der Waals surface area contributed by atoms with Crippen LogP contribution in [0.15, 0.2) is 22.7 Å². The Bertz CT molecular complexity index is 783. The van der Waals surface area contributed by atoms with E-state index in [9.17, 15) is 9.18 Å². The van der Waals surface area contributed by atoms with Gasteiger partial charge in [0.25, 0.3) is 0 Å². The Balaban J connectivity index is 1.23. The molecule has 1 atom stereocenters. The molecule has 2 aromatic rings. The summed E-state index contributed by atoms with van der Waals surface area (Å²) >= 11 is 0. The van der Waals surface area contributed by atoms with E-state index in [1.165, 1.54) is 30.7 Å². The van der Waals surface area contributed by atoms with Crippen LogP contribution in [0.1, 0.15) is 56.6 Å². The summed E-state index contributed by atoms with van der Waals surface area (Å²) in [5, 5.41) is 5.87. The van der Waals surface area contributed by atoms with E-state index in [1.807, 2.05) is 26.5 Å². The highest BCUT2D eigenvalue weighted by Gasteiger charge is 2.27. The van der Waals surface area contributed by atoms with Crippen LogP contribution in [0.5, 0.6) is 0 Å². The first-order chi connectivity index (χ1) is 13.2. The van der Waals surface area contributed by atoms with Gasteiger partial charge in [-0.2, -0.15) is 0 Å². The molecule has 0 bridgehead atoms. The van der Waals surface area contributed by atoms with Crippen LogP contribution in [0.25, 0.3) is 11.0 Å². The second-order valence-electron chi connectivity index (χ2n) is 7.44. The molecule has 0 N–H and O–H groups in total. The number of carbonyl (C=O) groups is 1. The second kappa shape index (κ2) is 8.86. The minimum atomic E-state index is -0.309. The quantitative estimate of drug-likeness (QED) is 0.474. The van der Waals surface area contributed by atoms with E-state index in [1.54, 1.807) is 6.07 Å². The lowest BCUT2D eigenvalue weighted by atomic mass is 9.91. The third-order valence-corrected chi connectivity index (χ3v) is 8.60. The molecule has 4 rings (SSSR count). The van der Waals surface area contributed by atoms with Crippen LogP contribution in [0, 0.1) is 5.82 Å². The van der Waals surface area contributed by atoms with Crippen molar-refractivity contribution < 1.29 is 13.7 Å². The topological polar surface area (TPSA) is 46.3 Å². The number of likely N-dealkylation sites (tertiary alicyclic amines) is 1. The van der Waals surface area contributed by atoms with Gasteiger partial charge in [-0.15, -0.1) is 0 Å². The molecular weight excluding hydrogens is 383 g/mol. The molecular formula is C20H25FN2O2S2. The number of benzene rings is 1. The van der Waals surface area contributed by atoms with Crippen molar-refractivity contribution in [2.45, 2.75) is 56.1 Å². The first-order valence-corrected chi connectivity index (χ1v) is 12.2. The van der Waals surface area contributed by atoms with Crippen molar-refractivity contribution in [3.63, 3.8) is 0 Å². The fraction of sp³-hybridized carbons (Fsp3) is 0.600. The normalized spacial score (nSPS) is 21.2. The maximum atomic E-state index is 13.3. The van der Waals surface area contributed by atoms with E-state index >= 15 is 0 Å². The maximum absolute atomic E-state index is 13.3. The summed E-state index contributed by atoms with van der Waals surface area (Å²) in [4.78, 5) is 14.5. The summed E-state index contributed by atoms with van der Waals surface area (Å²) in [6.45, 7) is 1.54. The van der Waals surface area contributed by atoms with Gasteiger partial charge < -0.3 is 9.42 Å². The molecule has 146 valence electrons. The fourth-order valence-electron chi connectivity index (χ4n) is 4.00. The van der Waals surface area contributed by atoms with Gasteiger partial charge >= 0.3 is 0 Å². The molecule has 0 aliphatic carbocycles. The Morgan fingerprint density at radius 1 is 1.26 bits per heavy atom. The van der Waals surface area contributed by atoms with Gasteiger partial charge in [-0.3, -0.25) is 4.79 Å². The largest absolute Gasteiger partial charge is 0.356 e. The lowest BCUT2D eigenvalue weighted by Crippen LogP contribution is -2.37. The Morgan fingerprint density at radius 2 is 2.11 bits per heavy atom. The highest BCUT2D eigenvalue weighted by Crippen LogP contribution is 2.40. The van der Waals surface area contributed by atoms with Crippen LogP contribution in [0.4, 0.5) is 4.39 Å². The summed E-state index contributed by atoms with van der Waals surface area (Å²) in [5.74, 6) is 1.53. The van der Waals surface area contributed by atoms with Gasteiger partial charge in [0, 0.05) is 47.9 Å². The molecule has 0 unspecified atom stereocenters. The van der Waals surface area contributed by atoms with E-state index in [0.29, 0.717) is 12.0 Å². The molecule has 27 heavy (non-hydrogen) atoms. The van der Waals surface area contributed by atoms with Crippen molar-refractivity contribution in [2.24, 2.45) is 0 Å². The molecule has 1 aromatic carbocycles. The maximum Gasteiger partial charge on any atom is 0.222 e. The van der Waals surface area contributed by atoms with Gasteiger partial charge in [-0.25, -0.2) is 4.39 Å². The number of halogens is 1. The third-order valence-electron chi connectivity index (χ3n) is 5.59. The van der Waals surface area contributed by atoms with Gasteiger partial charge in [-0.1, -0.05) is 33.2 Å². The first kappa shape index (κ1) is 19.1. The third kappa shape index (κ3) is 4.62. The Morgan fingerprint density at radius 3 is 2.89 bits per heavy atom. The van der Waals surface area contributed by atoms with E-state index in [-0.39, 0.29) is 17.6 Å². The molecule has 7 heteroatoms. The van der Waals surface area contributed by atoms with Crippen molar-refractivity contribution in [1.29, 1.82) is 0 Å². The highest BCUT2D eigenvalue weighted by atomic mass is 33.1. The summed E-state index contributed by atoms with van der Waals surface area (Å²) in [5.41, 5.74) is 1.41. The minimum Gasteiger partial charge on any atom is -0.356 e. The van der Waals surface area contributed by atoms with E-state index < -0.39 is 0 Å². The summed E-state index contributed by atoms with van der Waals surface area (Å²) in [7, 11) is 4.00. The molecule has 1 aromatic heterocycles. The Kier molecular flexibility index (Phi) is 6.28. The summed E-state index contributed by atoms with van der Waals surface area (Å²) in [6.07, 6.45) is 7.16. The number of nitrogens with zero attached hydrogens (tertiary/aromatic N) is 2. The molecule has 2 aliphatic rings. The average molecular weight is 409 g/mol. The van der Waals surface area contributed by atoms with Crippen LogP contribution in [-0.4, -0.2) is 40.1 Å². The second-order valence-corrected chi connectivity index (χ2v) is 10.2. The molecule has 0 radical (unpaired) electrons. The number of rotatable bonds is 6. The zero-order valence-electron chi connectivity index (χ0n) is 15.4. The van der Waals surface area contributed by atoms with Gasteiger partial charge in [0.1, 0.15) is 5.82 Å².